The molecule has 0 spiro atoms. The first-order valence-electron chi connectivity index (χ1n) is 23.8. The lowest BCUT2D eigenvalue weighted by atomic mass is 10.0. The van der Waals surface area contributed by atoms with Crippen molar-refractivity contribution in [3.05, 3.63) is 12.2 Å². The molecule has 0 amide bonds. The van der Waals surface area contributed by atoms with Gasteiger partial charge in [0.1, 0.15) is 0 Å². The summed E-state index contributed by atoms with van der Waals surface area (Å²) in [5.41, 5.74) is 5.55. The molecule has 0 unspecified atom stereocenters. The highest BCUT2D eigenvalue weighted by molar-refractivity contribution is 4.81. The van der Waals surface area contributed by atoms with Crippen LogP contribution in [0.15, 0.2) is 12.2 Å². The van der Waals surface area contributed by atoms with E-state index in [0.29, 0.717) is 0 Å². The number of hydrogen-bond donors (Lipinski definition) is 1. The van der Waals surface area contributed by atoms with Crippen LogP contribution in [0.25, 0.3) is 0 Å². The lowest BCUT2D eigenvalue weighted by molar-refractivity contribution is 0.510. The molecule has 0 aromatic heterocycles. The Hall–Kier alpha value is -0.300. The standard InChI is InChI=1S/C48H97N/c1-2-3-4-5-6-7-8-9-10-11-12-13-14-15-16-17-18-19-20-21-22-23-24-25-26-27-28-29-30-31-32-33-34-35-36-37-38-39-40-41-42-43-44-45-46-47-48-49/h39-40H,2-38,41-49H2,1H3. The Morgan fingerprint density at radius 3 is 0.571 bits per heavy atom. The molecule has 0 heterocycles. The van der Waals surface area contributed by atoms with Gasteiger partial charge >= 0.3 is 0 Å². The highest BCUT2D eigenvalue weighted by Gasteiger charge is 1.98. The summed E-state index contributed by atoms with van der Waals surface area (Å²) in [5.74, 6) is 0. The van der Waals surface area contributed by atoms with Gasteiger partial charge in [-0.05, 0) is 38.6 Å². The van der Waals surface area contributed by atoms with E-state index < -0.39 is 0 Å². The van der Waals surface area contributed by atoms with Crippen LogP contribution in [0.3, 0.4) is 0 Å². The monoisotopic (exact) mass is 688 g/mol. The average molecular weight is 688 g/mol. The zero-order valence-corrected chi connectivity index (χ0v) is 34.6. The van der Waals surface area contributed by atoms with Gasteiger partial charge in [0.15, 0.2) is 0 Å². The lowest BCUT2D eigenvalue weighted by Gasteiger charge is -2.05. The van der Waals surface area contributed by atoms with Gasteiger partial charge in [0.05, 0.1) is 0 Å². The van der Waals surface area contributed by atoms with E-state index in [1.54, 1.807) is 0 Å². The molecular formula is C48H97N. The summed E-state index contributed by atoms with van der Waals surface area (Å²) < 4.78 is 0. The fourth-order valence-electron chi connectivity index (χ4n) is 7.70. The van der Waals surface area contributed by atoms with E-state index in [1.165, 1.54) is 283 Å². The Morgan fingerprint density at radius 1 is 0.224 bits per heavy atom. The Labute approximate surface area is 313 Å². The molecule has 0 aromatic rings. The quantitative estimate of drug-likeness (QED) is 0.0500. The molecule has 0 atom stereocenters. The van der Waals surface area contributed by atoms with Crippen LogP contribution in [0, 0.1) is 0 Å². The van der Waals surface area contributed by atoms with E-state index in [2.05, 4.69) is 19.1 Å². The van der Waals surface area contributed by atoms with Crippen molar-refractivity contribution in [2.45, 2.75) is 289 Å². The summed E-state index contributed by atoms with van der Waals surface area (Å²) in [4.78, 5) is 0. The van der Waals surface area contributed by atoms with Crippen LogP contribution in [-0.2, 0) is 0 Å². The Bertz CT molecular complexity index is 567. The second-order valence-corrected chi connectivity index (χ2v) is 16.3. The molecule has 0 rings (SSSR count). The Kier molecular flexibility index (Phi) is 47.4. The van der Waals surface area contributed by atoms with E-state index in [-0.39, 0.29) is 0 Å². The van der Waals surface area contributed by atoms with Gasteiger partial charge in [-0.3, -0.25) is 0 Å². The maximum Gasteiger partial charge on any atom is -0.00773 e. The molecule has 0 saturated carbocycles. The van der Waals surface area contributed by atoms with Gasteiger partial charge in [-0.2, -0.15) is 0 Å². The number of allylic oxidation sites excluding steroid dienone is 2. The Balaban J connectivity index is 3.07. The van der Waals surface area contributed by atoms with Crippen LogP contribution in [0.1, 0.15) is 289 Å². The van der Waals surface area contributed by atoms with E-state index in [0.717, 1.165) is 6.54 Å². The van der Waals surface area contributed by atoms with Crippen molar-refractivity contribution < 1.29 is 0 Å². The second-order valence-electron chi connectivity index (χ2n) is 16.3. The maximum atomic E-state index is 5.55. The van der Waals surface area contributed by atoms with E-state index in [1.807, 2.05) is 0 Å². The third kappa shape index (κ3) is 47.7. The van der Waals surface area contributed by atoms with Crippen molar-refractivity contribution in [3.8, 4) is 0 Å². The average Bonchev–Trinajstić information content (AvgIpc) is 3.11. The first-order chi connectivity index (χ1) is 24.4. The van der Waals surface area contributed by atoms with Crippen LogP contribution < -0.4 is 5.73 Å². The fourth-order valence-corrected chi connectivity index (χ4v) is 7.70. The zero-order valence-electron chi connectivity index (χ0n) is 34.6. The lowest BCUT2D eigenvalue weighted by Crippen LogP contribution is -1.97. The van der Waals surface area contributed by atoms with Crippen molar-refractivity contribution in [1.82, 2.24) is 0 Å². The van der Waals surface area contributed by atoms with Gasteiger partial charge in [-0.1, -0.05) is 269 Å². The molecule has 49 heavy (non-hydrogen) atoms. The second kappa shape index (κ2) is 47.7. The maximum absolute atomic E-state index is 5.55. The fraction of sp³-hybridized carbons (Fsp3) is 0.958. The molecule has 0 aliphatic heterocycles. The van der Waals surface area contributed by atoms with Crippen LogP contribution in [0.4, 0.5) is 0 Å². The summed E-state index contributed by atoms with van der Waals surface area (Å²) in [6.07, 6.45) is 68.8. The predicted octanol–water partition coefficient (Wildman–Crippen LogP) is 17.7. The van der Waals surface area contributed by atoms with Crippen LogP contribution in [0.5, 0.6) is 0 Å². The molecule has 0 aliphatic carbocycles. The highest BCUT2D eigenvalue weighted by Crippen LogP contribution is 2.17. The minimum absolute atomic E-state index is 0.864. The van der Waals surface area contributed by atoms with Crippen LogP contribution in [-0.4, -0.2) is 6.54 Å². The van der Waals surface area contributed by atoms with E-state index in [4.69, 9.17) is 5.73 Å². The summed E-state index contributed by atoms with van der Waals surface area (Å²) in [7, 11) is 0. The SMILES string of the molecule is CCCCCCCCCCCCCCCCCCCCCCCCCCCCCCCCCCCCCCC=CCCCCCCCCN. The van der Waals surface area contributed by atoms with Gasteiger partial charge in [0.25, 0.3) is 0 Å². The first kappa shape index (κ1) is 48.7. The number of rotatable bonds is 45. The van der Waals surface area contributed by atoms with Crippen molar-refractivity contribution in [1.29, 1.82) is 0 Å². The van der Waals surface area contributed by atoms with Crippen molar-refractivity contribution in [2.24, 2.45) is 5.73 Å². The van der Waals surface area contributed by atoms with E-state index in [9.17, 15) is 0 Å². The molecular weight excluding hydrogens is 591 g/mol. The third-order valence-corrected chi connectivity index (χ3v) is 11.2. The highest BCUT2D eigenvalue weighted by atomic mass is 14.5. The normalized spacial score (nSPS) is 11.8. The first-order valence-corrected chi connectivity index (χ1v) is 23.8. The minimum Gasteiger partial charge on any atom is -0.330 e. The minimum atomic E-state index is 0.864. The van der Waals surface area contributed by atoms with Gasteiger partial charge in [0.2, 0.25) is 0 Å². The van der Waals surface area contributed by atoms with Crippen LogP contribution >= 0.6 is 0 Å². The van der Waals surface area contributed by atoms with Crippen molar-refractivity contribution >= 4 is 0 Å². The van der Waals surface area contributed by atoms with Crippen molar-refractivity contribution in [2.75, 3.05) is 6.54 Å². The molecule has 294 valence electrons. The molecule has 0 radical (unpaired) electrons. The largest absolute Gasteiger partial charge is 0.330 e. The topological polar surface area (TPSA) is 26.0 Å². The Morgan fingerprint density at radius 2 is 0.388 bits per heavy atom. The number of unbranched alkanes of at least 4 members (excludes halogenated alkanes) is 42. The van der Waals surface area contributed by atoms with E-state index >= 15 is 0 Å². The van der Waals surface area contributed by atoms with Gasteiger partial charge in [0, 0.05) is 0 Å². The summed E-state index contributed by atoms with van der Waals surface area (Å²) >= 11 is 0. The zero-order chi connectivity index (χ0) is 35.2. The number of nitrogens with two attached hydrogens (primary N) is 1. The van der Waals surface area contributed by atoms with Crippen LogP contribution in [0.2, 0.25) is 0 Å². The molecule has 1 heteroatoms. The molecule has 0 saturated heterocycles. The summed E-state index contributed by atoms with van der Waals surface area (Å²) in [6, 6.07) is 0. The summed E-state index contributed by atoms with van der Waals surface area (Å²) in [6.45, 7) is 3.17. The predicted molar refractivity (Wildman–Crippen MR) is 227 cm³/mol. The summed E-state index contributed by atoms with van der Waals surface area (Å²) in [5, 5.41) is 0. The molecule has 0 bridgehead atoms. The molecule has 0 fully saturated rings. The van der Waals surface area contributed by atoms with Gasteiger partial charge in [-0.25, -0.2) is 0 Å². The smallest absolute Gasteiger partial charge is 0.00773 e. The van der Waals surface area contributed by atoms with Gasteiger partial charge < -0.3 is 5.73 Å². The third-order valence-electron chi connectivity index (χ3n) is 11.2. The molecule has 2 N–H and O–H groups in total. The number of hydrogen-bond acceptors (Lipinski definition) is 1. The molecule has 0 aromatic carbocycles. The molecule has 1 nitrogen and oxygen atoms in total. The van der Waals surface area contributed by atoms with Crippen molar-refractivity contribution in [3.63, 3.8) is 0 Å². The van der Waals surface area contributed by atoms with Gasteiger partial charge in [-0.15, -0.1) is 0 Å². The molecule has 0 aliphatic rings.